The number of alkyl halides is 1. The maximum absolute atomic E-state index is 12.6. The monoisotopic (exact) mass is 311 g/mol. The lowest BCUT2D eigenvalue weighted by Gasteiger charge is -2.42. The first kappa shape index (κ1) is 16.1. The molecular weight excluding hydrogens is 290 g/mol. The Morgan fingerprint density at radius 2 is 2.19 bits per heavy atom. The van der Waals surface area contributed by atoms with Crippen molar-refractivity contribution in [1.29, 1.82) is 0 Å². The van der Waals surface area contributed by atoms with Gasteiger partial charge in [0.25, 0.3) is 0 Å². The predicted octanol–water partition coefficient (Wildman–Crippen LogP) is 2.48. The molecule has 0 aromatic heterocycles. The van der Waals surface area contributed by atoms with Crippen molar-refractivity contribution in [2.75, 3.05) is 26.1 Å². The molecule has 21 heavy (non-hydrogen) atoms. The van der Waals surface area contributed by atoms with E-state index in [2.05, 4.69) is 0 Å². The third kappa shape index (κ3) is 4.11. The molecular formula is C16H22ClNO3. The molecule has 0 aliphatic carbocycles. The Bertz CT molecular complexity index is 504. The second-order valence-corrected chi connectivity index (χ2v) is 6.23. The Labute approximate surface area is 131 Å². The third-order valence-electron chi connectivity index (χ3n) is 3.54. The van der Waals surface area contributed by atoms with Gasteiger partial charge in [-0.05, 0) is 19.9 Å². The van der Waals surface area contributed by atoms with Crippen LogP contribution in [-0.2, 0) is 16.0 Å². The molecule has 1 saturated heterocycles. The number of morpholine rings is 1. The first-order valence-corrected chi connectivity index (χ1v) is 7.62. The zero-order valence-corrected chi connectivity index (χ0v) is 13.5. The molecule has 5 heteroatoms. The van der Waals surface area contributed by atoms with E-state index >= 15 is 0 Å². The second-order valence-electron chi connectivity index (χ2n) is 5.92. The lowest BCUT2D eigenvalue weighted by molar-refractivity contribution is -0.156. The lowest BCUT2D eigenvalue weighted by atomic mass is 10.0. The molecule has 1 aliphatic heterocycles. The number of benzene rings is 1. The van der Waals surface area contributed by atoms with Crippen molar-refractivity contribution in [3.8, 4) is 5.75 Å². The number of halogens is 1. The number of rotatable bonds is 4. The summed E-state index contributed by atoms with van der Waals surface area (Å²) in [6, 6.07) is 7.60. The van der Waals surface area contributed by atoms with Crippen LogP contribution < -0.4 is 4.74 Å². The van der Waals surface area contributed by atoms with Crippen molar-refractivity contribution < 1.29 is 14.3 Å². The van der Waals surface area contributed by atoms with Gasteiger partial charge in [-0.15, -0.1) is 11.6 Å². The van der Waals surface area contributed by atoms with Crippen LogP contribution in [0.3, 0.4) is 0 Å². The fourth-order valence-electron chi connectivity index (χ4n) is 2.69. The van der Waals surface area contributed by atoms with E-state index in [1.165, 1.54) is 0 Å². The highest BCUT2D eigenvalue weighted by molar-refractivity contribution is 6.18. The van der Waals surface area contributed by atoms with E-state index in [-0.39, 0.29) is 17.6 Å². The third-order valence-corrected chi connectivity index (χ3v) is 3.88. The summed E-state index contributed by atoms with van der Waals surface area (Å²) in [5, 5.41) is 0. The first-order chi connectivity index (χ1) is 9.95. The topological polar surface area (TPSA) is 38.8 Å². The zero-order valence-electron chi connectivity index (χ0n) is 12.8. The molecule has 116 valence electrons. The molecule has 4 nitrogen and oxygen atoms in total. The molecule has 1 heterocycles. The molecule has 1 amide bonds. The van der Waals surface area contributed by atoms with Crippen molar-refractivity contribution in [3.63, 3.8) is 0 Å². The van der Waals surface area contributed by atoms with Crippen molar-refractivity contribution in [3.05, 3.63) is 29.8 Å². The second kappa shape index (κ2) is 6.67. The van der Waals surface area contributed by atoms with E-state index in [0.717, 1.165) is 11.3 Å². The lowest BCUT2D eigenvalue weighted by Crippen LogP contribution is -2.55. The fourth-order valence-corrected chi connectivity index (χ4v) is 2.85. The van der Waals surface area contributed by atoms with E-state index in [0.29, 0.717) is 25.4 Å². The number of hydrogen-bond donors (Lipinski definition) is 0. The summed E-state index contributed by atoms with van der Waals surface area (Å²) in [6.45, 7) is 5.08. The molecule has 2 rings (SSSR count). The van der Waals surface area contributed by atoms with Crippen LogP contribution in [0.1, 0.15) is 19.4 Å². The van der Waals surface area contributed by atoms with E-state index in [9.17, 15) is 4.79 Å². The molecule has 0 saturated carbocycles. The smallest absolute Gasteiger partial charge is 0.227 e. The minimum absolute atomic E-state index is 0.0750. The van der Waals surface area contributed by atoms with Gasteiger partial charge in [0.1, 0.15) is 5.75 Å². The Morgan fingerprint density at radius 3 is 2.86 bits per heavy atom. The molecule has 0 spiro atoms. The summed E-state index contributed by atoms with van der Waals surface area (Å²) < 4.78 is 11.1. The summed E-state index contributed by atoms with van der Waals surface area (Å²) in [7, 11) is 1.62. The highest BCUT2D eigenvalue weighted by Gasteiger charge is 2.35. The van der Waals surface area contributed by atoms with E-state index in [4.69, 9.17) is 21.1 Å². The fraction of sp³-hybridized carbons (Fsp3) is 0.562. The van der Waals surface area contributed by atoms with Gasteiger partial charge in [0, 0.05) is 18.7 Å². The van der Waals surface area contributed by atoms with Crippen LogP contribution in [-0.4, -0.2) is 48.6 Å². The summed E-state index contributed by atoms with van der Waals surface area (Å²) >= 11 is 5.90. The Balaban J connectivity index is 2.09. The summed E-state index contributed by atoms with van der Waals surface area (Å²) in [5.41, 5.74) is 0.533. The van der Waals surface area contributed by atoms with Crippen molar-refractivity contribution in [2.24, 2.45) is 0 Å². The number of hydrogen-bond acceptors (Lipinski definition) is 3. The molecule has 1 aromatic rings. The minimum Gasteiger partial charge on any atom is -0.496 e. The maximum atomic E-state index is 12.6. The molecule has 0 N–H and O–H groups in total. The number of carbonyl (C=O) groups excluding carboxylic acids is 1. The molecule has 0 bridgehead atoms. The van der Waals surface area contributed by atoms with Crippen LogP contribution in [0, 0.1) is 0 Å². The average Bonchev–Trinajstić information content (AvgIpc) is 2.46. The summed E-state index contributed by atoms with van der Waals surface area (Å²) in [6.07, 6.45) is 0.215. The van der Waals surface area contributed by atoms with Gasteiger partial charge in [-0.1, -0.05) is 18.2 Å². The van der Waals surface area contributed by atoms with Crippen molar-refractivity contribution in [1.82, 2.24) is 4.90 Å². The van der Waals surface area contributed by atoms with Crippen molar-refractivity contribution >= 4 is 17.5 Å². The molecule has 1 aliphatic rings. The number of carbonyl (C=O) groups is 1. The first-order valence-electron chi connectivity index (χ1n) is 7.08. The molecule has 0 radical (unpaired) electrons. The van der Waals surface area contributed by atoms with E-state index in [1.807, 2.05) is 43.0 Å². The van der Waals surface area contributed by atoms with Gasteiger partial charge in [-0.25, -0.2) is 0 Å². The summed E-state index contributed by atoms with van der Waals surface area (Å²) in [4.78, 5) is 14.4. The number of amides is 1. The predicted molar refractivity (Wildman–Crippen MR) is 83.0 cm³/mol. The molecule has 1 aromatic carbocycles. The van der Waals surface area contributed by atoms with Crippen LogP contribution in [0.4, 0.5) is 0 Å². The van der Waals surface area contributed by atoms with Crippen LogP contribution in [0.15, 0.2) is 24.3 Å². The Hall–Kier alpha value is -1.26. The van der Waals surface area contributed by atoms with Gasteiger partial charge < -0.3 is 14.4 Å². The largest absolute Gasteiger partial charge is 0.496 e. The van der Waals surface area contributed by atoms with Gasteiger partial charge in [0.2, 0.25) is 5.91 Å². The van der Waals surface area contributed by atoms with Gasteiger partial charge in [0.05, 0.1) is 31.1 Å². The number of nitrogens with zero attached hydrogens (tertiary/aromatic N) is 1. The Morgan fingerprint density at radius 1 is 1.48 bits per heavy atom. The van der Waals surface area contributed by atoms with Crippen LogP contribution in [0.2, 0.25) is 0 Å². The van der Waals surface area contributed by atoms with Crippen LogP contribution >= 0.6 is 11.6 Å². The van der Waals surface area contributed by atoms with E-state index in [1.54, 1.807) is 7.11 Å². The number of para-hydroxylation sites is 1. The number of methoxy groups -OCH3 is 1. The van der Waals surface area contributed by atoms with Crippen LogP contribution in [0.25, 0.3) is 0 Å². The minimum atomic E-state index is -0.367. The molecule has 1 atom stereocenters. The number of ether oxygens (including phenoxy) is 2. The SMILES string of the molecule is COc1ccccc1CC(=O)N1CC(CCl)OC(C)(C)C1. The van der Waals surface area contributed by atoms with Gasteiger partial charge >= 0.3 is 0 Å². The van der Waals surface area contributed by atoms with Crippen LogP contribution in [0.5, 0.6) is 5.75 Å². The molecule has 1 fully saturated rings. The van der Waals surface area contributed by atoms with Gasteiger partial charge in [-0.2, -0.15) is 0 Å². The standard InChI is InChI=1S/C16H22ClNO3/c1-16(2)11-18(10-13(9-17)21-16)15(19)8-12-6-4-5-7-14(12)20-3/h4-7,13H,8-11H2,1-3H3. The highest BCUT2D eigenvalue weighted by atomic mass is 35.5. The van der Waals surface area contributed by atoms with Gasteiger partial charge in [-0.3, -0.25) is 4.79 Å². The average molecular weight is 312 g/mol. The Kier molecular flexibility index (Phi) is 5.12. The summed E-state index contributed by atoms with van der Waals surface area (Å²) in [5.74, 6) is 1.21. The van der Waals surface area contributed by atoms with Crippen molar-refractivity contribution in [2.45, 2.75) is 32.0 Å². The highest BCUT2D eigenvalue weighted by Crippen LogP contribution is 2.24. The van der Waals surface area contributed by atoms with Gasteiger partial charge in [0.15, 0.2) is 0 Å². The maximum Gasteiger partial charge on any atom is 0.227 e. The quantitative estimate of drug-likeness (QED) is 0.802. The zero-order chi connectivity index (χ0) is 15.5. The van der Waals surface area contributed by atoms with E-state index < -0.39 is 0 Å². The molecule has 1 unspecified atom stereocenters. The normalized spacial score (nSPS) is 21.1.